The van der Waals surface area contributed by atoms with Gasteiger partial charge in [-0.3, -0.25) is 9.59 Å². The van der Waals surface area contributed by atoms with E-state index in [1.165, 1.54) is 0 Å². The van der Waals surface area contributed by atoms with Gasteiger partial charge >= 0.3 is 6.09 Å². The van der Waals surface area contributed by atoms with Crippen LogP contribution in [0.5, 0.6) is 0 Å². The van der Waals surface area contributed by atoms with Crippen LogP contribution in [0.4, 0.5) is 4.79 Å². The first-order valence-electron chi connectivity index (χ1n) is 8.23. The normalized spacial score (nSPS) is 15.7. The van der Waals surface area contributed by atoms with E-state index in [1.54, 1.807) is 51.1 Å². The van der Waals surface area contributed by atoms with Gasteiger partial charge in [0, 0.05) is 19.3 Å². The molecule has 0 aromatic heterocycles. The third kappa shape index (κ3) is 4.59. The standard InChI is InChI=1S/C18H22N2O6/c1-18(2,3)26-17(25)19(20-14(21)9-10-15(20)22)13(16(23)24)11-12-7-5-4-6-8-12/h4-8,13H,9-11H2,1-3H3,(H,23,24)/p-1/t13-/m0/s1. The first kappa shape index (κ1) is 19.4. The molecular weight excluding hydrogens is 340 g/mol. The summed E-state index contributed by atoms with van der Waals surface area (Å²) in [6, 6.07) is 6.97. The third-order valence-electron chi connectivity index (χ3n) is 3.66. The number of hydrazine groups is 1. The van der Waals surface area contributed by atoms with Crippen molar-refractivity contribution in [2.45, 2.75) is 51.7 Å². The fourth-order valence-electron chi connectivity index (χ4n) is 2.57. The average Bonchev–Trinajstić information content (AvgIpc) is 2.85. The van der Waals surface area contributed by atoms with Crippen molar-refractivity contribution in [3.8, 4) is 0 Å². The van der Waals surface area contributed by atoms with Gasteiger partial charge in [-0.15, -0.1) is 0 Å². The fourth-order valence-corrected chi connectivity index (χ4v) is 2.57. The maximum atomic E-state index is 12.6. The zero-order valence-electron chi connectivity index (χ0n) is 14.9. The molecule has 8 heteroatoms. The van der Waals surface area contributed by atoms with Crippen molar-refractivity contribution in [1.29, 1.82) is 0 Å². The molecule has 0 bridgehead atoms. The Kier molecular flexibility index (Phi) is 5.64. The molecule has 8 nitrogen and oxygen atoms in total. The maximum Gasteiger partial charge on any atom is 0.430 e. The summed E-state index contributed by atoms with van der Waals surface area (Å²) in [7, 11) is 0. The molecular formula is C18H21N2O6-. The highest BCUT2D eigenvalue weighted by Gasteiger charge is 2.42. The van der Waals surface area contributed by atoms with E-state index in [-0.39, 0.29) is 19.3 Å². The number of carbonyl (C=O) groups is 4. The molecule has 0 aliphatic carbocycles. The largest absolute Gasteiger partial charge is 0.548 e. The fraction of sp³-hybridized carbons (Fsp3) is 0.444. The van der Waals surface area contributed by atoms with Gasteiger partial charge in [0.15, 0.2) is 0 Å². The van der Waals surface area contributed by atoms with Gasteiger partial charge in [0.05, 0.1) is 5.97 Å². The molecule has 3 amide bonds. The molecule has 1 fully saturated rings. The molecule has 1 heterocycles. The molecule has 26 heavy (non-hydrogen) atoms. The number of amides is 3. The summed E-state index contributed by atoms with van der Waals surface area (Å²) in [5.41, 5.74) is -0.334. The molecule has 0 spiro atoms. The van der Waals surface area contributed by atoms with E-state index in [0.717, 1.165) is 0 Å². The van der Waals surface area contributed by atoms with Crippen molar-refractivity contribution in [3.63, 3.8) is 0 Å². The highest BCUT2D eigenvalue weighted by molar-refractivity contribution is 6.03. The Balaban J connectivity index is 2.41. The molecule has 2 rings (SSSR count). The van der Waals surface area contributed by atoms with E-state index in [4.69, 9.17) is 4.74 Å². The van der Waals surface area contributed by atoms with E-state index in [0.29, 0.717) is 15.6 Å². The number of carbonyl (C=O) groups excluding carboxylic acids is 4. The molecule has 0 saturated carbocycles. The summed E-state index contributed by atoms with van der Waals surface area (Å²) in [5, 5.41) is 12.9. The lowest BCUT2D eigenvalue weighted by atomic mass is 10.1. The van der Waals surface area contributed by atoms with Crippen LogP contribution < -0.4 is 5.11 Å². The van der Waals surface area contributed by atoms with Crippen LogP contribution in [-0.2, 0) is 25.5 Å². The van der Waals surface area contributed by atoms with Crippen molar-refractivity contribution in [2.24, 2.45) is 0 Å². The summed E-state index contributed by atoms with van der Waals surface area (Å²) in [5.74, 6) is -2.90. The lowest BCUT2D eigenvalue weighted by Gasteiger charge is -2.38. The summed E-state index contributed by atoms with van der Waals surface area (Å²) < 4.78 is 5.23. The predicted octanol–water partition coefficient (Wildman–Crippen LogP) is 0.649. The van der Waals surface area contributed by atoms with Crippen molar-refractivity contribution in [3.05, 3.63) is 35.9 Å². The molecule has 140 valence electrons. The second-order valence-corrected chi connectivity index (χ2v) is 6.95. The number of benzene rings is 1. The van der Waals surface area contributed by atoms with Crippen molar-refractivity contribution in [1.82, 2.24) is 10.0 Å². The van der Waals surface area contributed by atoms with E-state index < -0.39 is 35.5 Å². The van der Waals surface area contributed by atoms with E-state index in [9.17, 15) is 24.3 Å². The number of carboxylic acid groups (broad SMARTS) is 1. The predicted molar refractivity (Wildman–Crippen MR) is 88.1 cm³/mol. The van der Waals surface area contributed by atoms with Gasteiger partial charge in [0.25, 0.3) is 0 Å². The number of ether oxygens (including phenoxy) is 1. The van der Waals surface area contributed by atoms with Crippen molar-refractivity contribution < 1.29 is 29.0 Å². The monoisotopic (exact) mass is 361 g/mol. The summed E-state index contributed by atoms with van der Waals surface area (Å²) in [6.45, 7) is 4.80. The van der Waals surface area contributed by atoms with Crippen LogP contribution >= 0.6 is 0 Å². The van der Waals surface area contributed by atoms with E-state index in [2.05, 4.69) is 0 Å². The Morgan fingerprint density at radius 2 is 1.69 bits per heavy atom. The van der Waals surface area contributed by atoms with Crippen molar-refractivity contribution in [2.75, 3.05) is 0 Å². The summed E-state index contributed by atoms with van der Waals surface area (Å²) in [6.07, 6.45) is -1.42. The van der Waals surface area contributed by atoms with E-state index in [1.807, 2.05) is 0 Å². The number of nitrogens with zero attached hydrogens (tertiary/aromatic N) is 2. The van der Waals surface area contributed by atoms with Gasteiger partial charge in [0.1, 0.15) is 11.6 Å². The molecule has 0 radical (unpaired) electrons. The number of aliphatic carboxylic acids is 1. The number of rotatable bonds is 5. The van der Waals surface area contributed by atoms with Gasteiger partial charge in [-0.25, -0.2) is 4.79 Å². The Labute approximate surface area is 151 Å². The van der Waals surface area contributed by atoms with E-state index >= 15 is 0 Å². The van der Waals surface area contributed by atoms with Crippen LogP contribution in [0.2, 0.25) is 0 Å². The van der Waals surface area contributed by atoms with Gasteiger partial charge in [0.2, 0.25) is 11.8 Å². The van der Waals surface area contributed by atoms with Gasteiger partial charge < -0.3 is 14.6 Å². The molecule has 1 aliphatic rings. The van der Waals surface area contributed by atoms with Crippen LogP contribution in [0.25, 0.3) is 0 Å². The zero-order chi connectivity index (χ0) is 19.5. The molecule has 1 saturated heterocycles. The van der Waals surface area contributed by atoms with Crippen LogP contribution in [0, 0.1) is 0 Å². The lowest BCUT2D eigenvalue weighted by molar-refractivity contribution is -0.313. The molecule has 1 aromatic carbocycles. The molecule has 0 unspecified atom stereocenters. The van der Waals surface area contributed by atoms with Crippen LogP contribution in [0.15, 0.2) is 30.3 Å². The topological polar surface area (TPSA) is 107 Å². The quantitative estimate of drug-likeness (QED) is 0.713. The second kappa shape index (κ2) is 7.55. The molecule has 1 aromatic rings. The number of carboxylic acids is 1. The van der Waals surface area contributed by atoms with Gasteiger partial charge in [-0.2, -0.15) is 10.0 Å². The lowest BCUT2D eigenvalue weighted by Crippen LogP contribution is -2.61. The van der Waals surface area contributed by atoms with Crippen molar-refractivity contribution >= 4 is 23.9 Å². The highest BCUT2D eigenvalue weighted by Crippen LogP contribution is 2.22. The van der Waals surface area contributed by atoms with Gasteiger partial charge in [-0.05, 0) is 26.3 Å². The Bertz CT molecular complexity index is 694. The summed E-state index contributed by atoms with van der Waals surface area (Å²) in [4.78, 5) is 48.7. The minimum absolute atomic E-state index is 0.0940. The zero-order valence-corrected chi connectivity index (χ0v) is 14.9. The first-order chi connectivity index (χ1) is 12.1. The highest BCUT2D eigenvalue weighted by atomic mass is 16.6. The minimum Gasteiger partial charge on any atom is -0.548 e. The first-order valence-corrected chi connectivity index (χ1v) is 8.23. The van der Waals surface area contributed by atoms with Crippen LogP contribution in [-0.4, -0.2) is 45.5 Å². The SMILES string of the molecule is CC(C)(C)OC(=O)N([C@@H](Cc1ccccc1)C(=O)[O-])N1C(=O)CCC1=O. The third-order valence-corrected chi connectivity index (χ3v) is 3.66. The maximum absolute atomic E-state index is 12.6. The molecule has 0 N–H and O–H groups in total. The number of hydrogen-bond acceptors (Lipinski definition) is 6. The average molecular weight is 361 g/mol. The Hall–Kier alpha value is -2.90. The number of hydrogen-bond donors (Lipinski definition) is 0. The number of imide groups is 1. The molecule has 1 aliphatic heterocycles. The Morgan fingerprint density at radius 1 is 1.15 bits per heavy atom. The molecule has 1 atom stereocenters. The summed E-state index contributed by atoms with van der Waals surface area (Å²) >= 11 is 0. The van der Waals surface area contributed by atoms with Crippen LogP contribution in [0.1, 0.15) is 39.2 Å². The smallest absolute Gasteiger partial charge is 0.430 e. The second-order valence-electron chi connectivity index (χ2n) is 6.95. The van der Waals surface area contributed by atoms with Gasteiger partial charge in [-0.1, -0.05) is 30.3 Å². The Morgan fingerprint density at radius 3 is 2.15 bits per heavy atom. The minimum atomic E-state index is -1.59. The van der Waals surface area contributed by atoms with Crippen LogP contribution in [0.3, 0.4) is 0 Å².